The fourth-order valence-electron chi connectivity index (χ4n) is 3.01. The third-order valence-electron chi connectivity index (χ3n) is 4.43. The van der Waals surface area contributed by atoms with E-state index in [0.29, 0.717) is 37.6 Å². The van der Waals surface area contributed by atoms with Crippen LogP contribution in [0, 0.1) is 0 Å². The largest absolute Gasteiger partial charge is 0.473 e. The van der Waals surface area contributed by atoms with Crippen LogP contribution < -0.4 is 10.3 Å². The molecule has 3 aromatic heterocycles. The number of aromatic amines is 1. The number of H-pyrrole nitrogens is 1. The lowest BCUT2D eigenvalue weighted by molar-refractivity contribution is 0.0584. The first-order valence-corrected chi connectivity index (χ1v) is 8.68. The third kappa shape index (κ3) is 3.71. The molecule has 9 nitrogen and oxygen atoms in total. The lowest BCUT2D eigenvalue weighted by Crippen LogP contribution is -2.43. The molecular formula is C18H18N6O3. The standard InChI is InChI=1S/C18H18N6O3/c25-17-14(3-1-8-19-17)18(26)23-11-6-13(7-12-23)27-16-5-4-15(21-22-16)24-10-2-9-20-24/h1-5,8-10,13H,6-7,11-12H2,(H,19,25). The summed E-state index contributed by atoms with van der Waals surface area (Å²) in [6.07, 6.45) is 6.25. The highest BCUT2D eigenvalue weighted by Crippen LogP contribution is 2.18. The van der Waals surface area contributed by atoms with Crippen LogP contribution >= 0.6 is 0 Å². The molecule has 4 heterocycles. The summed E-state index contributed by atoms with van der Waals surface area (Å²) < 4.78 is 7.49. The molecule has 3 aromatic rings. The van der Waals surface area contributed by atoms with Crippen LogP contribution in [0.5, 0.6) is 5.88 Å². The van der Waals surface area contributed by atoms with Crippen LogP contribution in [0.15, 0.2) is 53.7 Å². The van der Waals surface area contributed by atoms with Gasteiger partial charge in [0.2, 0.25) is 5.88 Å². The van der Waals surface area contributed by atoms with Gasteiger partial charge >= 0.3 is 0 Å². The minimum absolute atomic E-state index is 0.0482. The van der Waals surface area contributed by atoms with Crippen molar-refractivity contribution in [3.05, 3.63) is 64.8 Å². The number of amides is 1. The topological polar surface area (TPSA) is 106 Å². The molecule has 27 heavy (non-hydrogen) atoms. The summed E-state index contributed by atoms with van der Waals surface area (Å²) in [6.45, 7) is 1.05. The Morgan fingerprint density at radius 3 is 2.67 bits per heavy atom. The highest BCUT2D eigenvalue weighted by molar-refractivity contribution is 5.93. The van der Waals surface area contributed by atoms with Crippen LogP contribution in [0.25, 0.3) is 5.82 Å². The van der Waals surface area contributed by atoms with Crippen molar-refractivity contribution in [2.24, 2.45) is 0 Å². The van der Waals surface area contributed by atoms with Crippen molar-refractivity contribution < 1.29 is 9.53 Å². The van der Waals surface area contributed by atoms with Gasteiger partial charge in [0.1, 0.15) is 11.7 Å². The van der Waals surface area contributed by atoms with Gasteiger partial charge in [-0.1, -0.05) is 0 Å². The van der Waals surface area contributed by atoms with Crippen LogP contribution in [0.4, 0.5) is 0 Å². The Labute approximate surface area is 154 Å². The number of piperidine rings is 1. The van der Waals surface area contributed by atoms with Gasteiger partial charge in [0.05, 0.1) is 0 Å². The zero-order chi connectivity index (χ0) is 18.6. The maximum atomic E-state index is 12.5. The first-order chi connectivity index (χ1) is 13.2. The zero-order valence-electron chi connectivity index (χ0n) is 14.5. The lowest BCUT2D eigenvalue weighted by Gasteiger charge is -2.31. The van der Waals surface area contributed by atoms with Crippen LogP contribution in [0.3, 0.4) is 0 Å². The van der Waals surface area contributed by atoms with Crippen molar-refractivity contribution >= 4 is 5.91 Å². The Morgan fingerprint density at radius 1 is 1.15 bits per heavy atom. The van der Waals surface area contributed by atoms with Gasteiger partial charge in [0.15, 0.2) is 5.82 Å². The van der Waals surface area contributed by atoms with E-state index < -0.39 is 0 Å². The van der Waals surface area contributed by atoms with Crippen molar-refractivity contribution in [2.75, 3.05) is 13.1 Å². The number of aromatic nitrogens is 5. The van der Waals surface area contributed by atoms with E-state index in [2.05, 4.69) is 20.3 Å². The molecule has 4 rings (SSSR count). The van der Waals surface area contributed by atoms with Crippen molar-refractivity contribution in [1.82, 2.24) is 29.9 Å². The second-order valence-electron chi connectivity index (χ2n) is 6.20. The molecule has 0 unspecified atom stereocenters. The number of pyridine rings is 1. The van der Waals surface area contributed by atoms with Crippen LogP contribution in [-0.4, -0.2) is 55.0 Å². The number of carbonyl (C=O) groups is 1. The maximum Gasteiger partial charge on any atom is 0.260 e. The number of nitrogens with zero attached hydrogens (tertiary/aromatic N) is 5. The summed E-state index contributed by atoms with van der Waals surface area (Å²) in [6, 6.07) is 8.54. The molecule has 0 bridgehead atoms. The molecule has 138 valence electrons. The Balaban J connectivity index is 1.34. The summed E-state index contributed by atoms with van der Waals surface area (Å²) in [5, 5.41) is 12.3. The van der Waals surface area contributed by atoms with E-state index in [-0.39, 0.29) is 23.1 Å². The van der Waals surface area contributed by atoms with Crippen LogP contribution in [0.1, 0.15) is 23.2 Å². The van der Waals surface area contributed by atoms with Gasteiger partial charge < -0.3 is 14.6 Å². The fraction of sp³-hybridized carbons (Fsp3) is 0.278. The number of ether oxygens (including phenoxy) is 1. The predicted molar refractivity (Wildman–Crippen MR) is 95.8 cm³/mol. The third-order valence-corrected chi connectivity index (χ3v) is 4.43. The highest BCUT2D eigenvalue weighted by atomic mass is 16.5. The minimum atomic E-state index is -0.367. The number of hydrogen-bond donors (Lipinski definition) is 1. The van der Waals surface area contributed by atoms with Gasteiger partial charge in [-0.05, 0) is 24.3 Å². The average Bonchev–Trinajstić information content (AvgIpc) is 3.24. The Kier molecular flexibility index (Phi) is 4.65. The van der Waals surface area contributed by atoms with E-state index >= 15 is 0 Å². The van der Waals surface area contributed by atoms with Gasteiger partial charge in [0, 0.05) is 50.6 Å². The van der Waals surface area contributed by atoms with Gasteiger partial charge in [-0.2, -0.15) is 5.10 Å². The molecule has 0 saturated carbocycles. The second kappa shape index (κ2) is 7.40. The summed E-state index contributed by atoms with van der Waals surface area (Å²) in [4.78, 5) is 28.4. The van der Waals surface area contributed by atoms with E-state index in [1.54, 1.807) is 46.2 Å². The van der Waals surface area contributed by atoms with Crippen LogP contribution in [0.2, 0.25) is 0 Å². The van der Waals surface area contributed by atoms with E-state index in [9.17, 15) is 9.59 Å². The van der Waals surface area contributed by atoms with E-state index in [0.717, 1.165) is 0 Å². The van der Waals surface area contributed by atoms with Gasteiger partial charge in [-0.3, -0.25) is 9.59 Å². The maximum absolute atomic E-state index is 12.5. The van der Waals surface area contributed by atoms with E-state index in [1.165, 1.54) is 6.20 Å². The smallest absolute Gasteiger partial charge is 0.260 e. The van der Waals surface area contributed by atoms with E-state index in [1.807, 2.05) is 6.07 Å². The monoisotopic (exact) mass is 366 g/mol. The molecule has 1 aliphatic heterocycles. The van der Waals surface area contributed by atoms with Crippen molar-refractivity contribution in [2.45, 2.75) is 18.9 Å². The predicted octanol–water partition coefficient (Wildman–Crippen LogP) is 1.03. The van der Waals surface area contributed by atoms with Gasteiger partial charge in [-0.15, -0.1) is 10.2 Å². The molecule has 1 aliphatic rings. The number of rotatable bonds is 4. The van der Waals surface area contributed by atoms with Crippen molar-refractivity contribution in [3.8, 4) is 11.7 Å². The normalized spacial score (nSPS) is 14.9. The molecule has 0 atom stereocenters. The fourth-order valence-corrected chi connectivity index (χ4v) is 3.01. The molecule has 9 heteroatoms. The van der Waals surface area contributed by atoms with E-state index in [4.69, 9.17) is 4.74 Å². The van der Waals surface area contributed by atoms with Crippen LogP contribution in [-0.2, 0) is 0 Å². The summed E-state index contributed by atoms with van der Waals surface area (Å²) in [7, 11) is 0. The molecule has 0 spiro atoms. The molecule has 1 amide bonds. The summed E-state index contributed by atoms with van der Waals surface area (Å²) >= 11 is 0. The quantitative estimate of drug-likeness (QED) is 0.739. The zero-order valence-corrected chi connectivity index (χ0v) is 14.5. The second-order valence-corrected chi connectivity index (χ2v) is 6.20. The number of hydrogen-bond acceptors (Lipinski definition) is 6. The highest BCUT2D eigenvalue weighted by Gasteiger charge is 2.26. The number of likely N-dealkylation sites (tertiary alicyclic amines) is 1. The molecule has 1 fully saturated rings. The first kappa shape index (κ1) is 17.0. The first-order valence-electron chi connectivity index (χ1n) is 8.68. The molecule has 0 aliphatic carbocycles. The van der Waals surface area contributed by atoms with Gasteiger partial charge in [0.25, 0.3) is 11.5 Å². The summed E-state index contributed by atoms with van der Waals surface area (Å²) in [5.41, 5.74) is -0.203. The Morgan fingerprint density at radius 2 is 2.00 bits per heavy atom. The molecule has 0 aromatic carbocycles. The van der Waals surface area contributed by atoms with Crippen molar-refractivity contribution in [1.29, 1.82) is 0 Å². The molecule has 1 N–H and O–H groups in total. The average molecular weight is 366 g/mol. The Bertz CT molecular complexity index is 959. The lowest BCUT2D eigenvalue weighted by atomic mass is 10.1. The van der Waals surface area contributed by atoms with Gasteiger partial charge in [-0.25, -0.2) is 4.68 Å². The summed E-state index contributed by atoms with van der Waals surface area (Å²) in [5.74, 6) is 0.801. The molecule has 0 radical (unpaired) electrons. The number of nitrogens with one attached hydrogen (secondary N) is 1. The minimum Gasteiger partial charge on any atom is -0.473 e. The molecule has 1 saturated heterocycles. The molecular weight excluding hydrogens is 348 g/mol. The van der Waals surface area contributed by atoms with Crippen molar-refractivity contribution in [3.63, 3.8) is 0 Å². The number of carbonyl (C=O) groups excluding carboxylic acids is 1. The SMILES string of the molecule is O=C(c1ccc[nH]c1=O)N1CCC(Oc2ccc(-n3cccn3)nn2)CC1. The Hall–Kier alpha value is -3.49.